The number of hydrogen-bond donors (Lipinski definition) is 0. The second kappa shape index (κ2) is 6.35. The Bertz CT molecular complexity index is 758. The van der Waals surface area contributed by atoms with E-state index in [0.717, 1.165) is 5.56 Å². The van der Waals surface area contributed by atoms with Crippen LogP contribution in [0.3, 0.4) is 0 Å². The summed E-state index contributed by atoms with van der Waals surface area (Å²) in [5, 5.41) is 0. The predicted octanol–water partition coefficient (Wildman–Crippen LogP) is 1.45. The van der Waals surface area contributed by atoms with E-state index in [0.29, 0.717) is 0 Å². The number of rotatable bonds is 5. The van der Waals surface area contributed by atoms with Crippen molar-refractivity contribution in [1.82, 2.24) is 4.31 Å². The minimum atomic E-state index is -3.82. The van der Waals surface area contributed by atoms with Crippen molar-refractivity contribution in [1.29, 1.82) is 0 Å². The molecule has 0 aromatic heterocycles. The highest BCUT2D eigenvalue weighted by Gasteiger charge is 2.65. The van der Waals surface area contributed by atoms with E-state index in [2.05, 4.69) is 0 Å². The first-order valence-corrected chi connectivity index (χ1v) is 9.70. The van der Waals surface area contributed by atoms with Gasteiger partial charge in [-0.25, -0.2) is 8.42 Å². The second-order valence-corrected chi connectivity index (χ2v) is 8.55. The molecule has 3 rings (SSSR count). The van der Waals surface area contributed by atoms with E-state index in [9.17, 15) is 13.2 Å². The molecule has 0 bridgehead atoms. The zero-order valence-corrected chi connectivity index (χ0v) is 15.6. The topological polar surface area (TPSA) is 81.9 Å². The lowest BCUT2D eigenvalue weighted by Crippen LogP contribution is -2.28. The number of nitrogens with zero attached hydrogens (tertiary/aromatic N) is 1. The largest absolute Gasteiger partial charge is 0.465 e. The number of hydrogen-bond acceptors (Lipinski definition) is 6. The lowest BCUT2D eigenvalue weighted by atomic mass is 10.2. The van der Waals surface area contributed by atoms with E-state index in [1.54, 1.807) is 32.9 Å². The summed E-state index contributed by atoms with van der Waals surface area (Å²) in [4.78, 5) is 12.4. The normalized spacial score (nSPS) is 30.9. The van der Waals surface area contributed by atoms with Crippen molar-refractivity contribution >= 4 is 16.0 Å². The second-order valence-electron chi connectivity index (χ2n) is 6.70. The Morgan fingerprint density at radius 3 is 2.48 bits per heavy atom. The number of ether oxygens (including phenoxy) is 3. The molecule has 1 aromatic carbocycles. The molecule has 0 spiro atoms. The average Bonchev–Trinajstić information content (AvgIpc) is 3.20. The lowest BCUT2D eigenvalue weighted by molar-refractivity contribution is -0.145. The predicted molar refractivity (Wildman–Crippen MR) is 89.3 cm³/mol. The Labute approximate surface area is 147 Å². The van der Waals surface area contributed by atoms with Gasteiger partial charge in [-0.15, -0.1) is 0 Å². The molecule has 2 heterocycles. The maximum absolute atomic E-state index is 13.0. The van der Waals surface area contributed by atoms with Crippen LogP contribution in [-0.2, 0) is 29.0 Å². The number of sulfonamides is 1. The number of benzene rings is 1. The third-order valence-electron chi connectivity index (χ3n) is 4.34. The van der Waals surface area contributed by atoms with Crippen molar-refractivity contribution < 1.29 is 27.4 Å². The number of esters is 1. The van der Waals surface area contributed by atoms with Gasteiger partial charge in [0.25, 0.3) is 0 Å². The van der Waals surface area contributed by atoms with Crippen LogP contribution in [0.15, 0.2) is 29.2 Å². The number of carbonyl (C=O) groups excluding carboxylic acids is 1. The van der Waals surface area contributed by atoms with Gasteiger partial charge in [-0.05, 0) is 39.8 Å². The third-order valence-corrected chi connectivity index (χ3v) is 6.23. The fourth-order valence-corrected chi connectivity index (χ4v) is 4.84. The fourth-order valence-electron chi connectivity index (χ4n) is 3.09. The molecule has 7 nitrogen and oxygen atoms in total. The molecule has 0 aliphatic carbocycles. The maximum atomic E-state index is 13.0. The third kappa shape index (κ3) is 3.44. The fraction of sp³-hybridized carbons (Fsp3) is 0.588. The van der Waals surface area contributed by atoms with Crippen molar-refractivity contribution in [2.45, 2.75) is 56.6 Å². The first-order valence-electron chi connectivity index (χ1n) is 8.26. The summed E-state index contributed by atoms with van der Waals surface area (Å²) in [7, 11) is -3.82. The summed E-state index contributed by atoms with van der Waals surface area (Å²) < 4.78 is 43.5. The quantitative estimate of drug-likeness (QED) is 0.577. The minimum absolute atomic E-state index is 0.146. The molecule has 2 aliphatic rings. The minimum Gasteiger partial charge on any atom is -0.465 e. The highest BCUT2D eigenvalue weighted by molar-refractivity contribution is 7.89. The Hall–Kier alpha value is -1.48. The summed E-state index contributed by atoms with van der Waals surface area (Å²) in [6.07, 6.45) is -0.510. The van der Waals surface area contributed by atoms with Gasteiger partial charge in [0.15, 0.2) is 5.79 Å². The molecular weight excluding hydrogens is 346 g/mol. The zero-order chi connectivity index (χ0) is 18.4. The summed E-state index contributed by atoms with van der Waals surface area (Å²) >= 11 is 0. The standard InChI is InChI=1S/C17H23NO6S/c1-5-22-16(19)15-14(13-10-23-17(3,4)24-13)18(15)25(20,21)12-8-6-11(2)7-9-12/h6-9,13-15H,5,10H2,1-4H3/t13-,14-,15+,18?/m1/s1. The molecule has 8 heteroatoms. The van der Waals surface area contributed by atoms with Gasteiger partial charge in [-0.3, -0.25) is 4.79 Å². The molecule has 0 amide bonds. The van der Waals surface area contributed by atoms with Crippen molar-refractivity contribution in [3.63, 3.8) is 0 Å². The molecule has 0 N–H and O–H groups in total. The summed E-state index contributed by atoms with van der Waals surface area (Å²) in [6, 6.07) is 5.03. The summed E-state index contributed by atoms with van der Waals surface area (Å²) in [5.41, 5.74) is 0.956. The number of carbonyl (C=O) groups is 1. The monoisotopic (exact) mass is 369 g/mol. The zero-order valence-electron chi connectivity index (χ0n) is 14.8. The first-order chi connectivity index (χ1) is 11.7. The van der Waals surface area contributed by atoms with Crippen LogP contribution in [0.1, 0.15) is 26.3 Å². The van der Waals surface area contributed by atoms with Crippen LogP contribution < -0.4 is 0 Å². The molecule has 4 atom stereocenters. The molecule has 2 fully saturated rings. The van der Waals surface area contributed by atoms with Crippen LogP contribution in [0.25, 0.3) is 0 Å². The molecule has 2 aliphatic heterocycles. The van der Waals surface area contributed by atoms with Crippen molar-refractivity contribution in [2.24, 2.45) is 0 Å². The lowest BCUT2D eigenvalue weighted by Gasteiger charge is -2.17. The summed E-state index contributed by atoms with van der Waals surface area (Å²) in [6.45, 7) is 7.50. The smallest absolute Gasteiger partial charge is 0.326 e. The van der Waals surface area contributed by atoms with E-state index in [-0.39, 0.29) is 18.1 Å². The van der Waals surface area contributed by atoms with E-state index in [4.69, 9.17) is 14.2 Å². The van der Waals surface area contributed by atoms with Crippen LogP contribution in [0, 0.1) is 6.92 Å². The SMILES string of the molecule is CCOC(=O)[C@@H]1[C@@H]([C@H]2COC(C)(C)O2)N1S(=O)(=O)c1ccc(C)cc1. The highest BCUT2D eigenvalue weighted by Crippen LogP contribution is 2.42. The van der Waals surface area contributed by atoms with Crippen molar-refractivity contribution in [3.05, 3.63) is 29.8 Å². The Morgan fingerprint density at radius 2 is 1.96 bits per heavy atom. The van der Waals surface area contributed by atoms with Gasteiger partial charge in [0.05, 0.1) is 24.2 Å². The summed E-state index contributed by atoms with van der Waals surface area (Å²) in [5.74, 6) is -1.36. The molecule has 0 radical (unpaired) electrons. The van der Waals surface area contributed by atoms with Gasteiger partial charge in [-0.1, -0.05) is 17.7 Å². The number of aryl methyl sites for hydroxylation is 1. The van der Waals surface area contributed by atoms with Crippen LogP contribution in [-0.4, -0.2) is 55.9 Å². The van der Waals surface area contributed by atoms with Gasteiger partial charge in [0, 0.05) is 0 Å². The molecule has 2 saturated heterocycles. The Kier molecular flexibility index (Phi) is 4.65. The van der Waals surface area contributed by atoms with E-state index < -0.39 is 40.0 Å². The first kappa shape index (κ1) is 18.3. The van der Waals surface area contributed by atoms with Gasteiger partial charge < -0.3 is 14.2 Å². The molecule has 1 aromatic rings. The Balaban J connectivity index is 1.89. The Morgan fingerprint density at radius 1 is 1.32 bits per heavy atom. The highest BCUT2D eigenvalue weighted by atomic mass is 32.2. The van der Waals surface area contributed by atoms with E-state index >= 15 is 0 Å². The molecule has 138 valence electrons. The van der Waals surface area contributed by atoms with Crippen LogP contribution >= 0.6 is 0 Å². The average molecular weight is 369 g/mol. The molecular formula is C17H23NO6S. The van der Waals surface area contributed by atoms with Crippen LogP contribution in [0.4, 0.5) is 0 Å². The molecule has 25 heavy (non-hydrogen) atoms. The maximum Gasteiger partial charge on any atom is 0.326 e. The van der Waals surface area contributed by atoms with Gasteiger partial charge in [-0.2, -0.15) is 4.31 Å². The van der Waals surface area contributed by atoms with E-state index in [1.165, 1.54) is 16.4 Å². The van der Waals surface area contributed by atoms with Gasteiger partial charge in [0.2, 0.25) is 10.0 Å². The molecule has 1 unspecified atom stereocenters. The van der Waals surface area contributed by atoms with Crippen LogP contribution in [0.5, 0.6) is 0 Å². The van der Waals surface area contributed by atoms with Gasteiger partial charge in [0.1, 0.15) is 12.1 Å². The van der Waals surface area contributed by atoms with E-state index in [1.807, 2.05) is 6.92 Å². The van der Waals surface area contributed by atoms with Crippen LogP contribution in [0.2, 0.25) is 0 Å². The van der Waals surface area contributed by atoms with Crippen molar-refractivity contribution in [2.75, 3.05) is 13.2 Å². The van der Waals surface area contributed by atoms with Gasteiger partial charge >= 0.3 is 5.97 Å². The molecule has 0 saturated carbocycles. The van der Waals surface area contributed by atoms with Crippen molar-refractivity contribution in [3.8, 4) is 0 Å².